The van der Waals surface area contributed by atoms with Crippen LogP contribution in [-0.2, 0) is 19.2 Å². The molecule has 0 aromatic rings. The van der Waals surface area contributed by atoms with E-state index in [-0.39, 0.29) is 13.1 Å². The summed E-state index contributed by atoms with van der Waals surface area (Å²) in [5.41, 5.74) is 7.66. The number of likely N-dealkylation sites (N-methyl/N-ethyl adjacent to an activating group) is 1. The minimum absolute atomic E-state index is 0.0911. The van der Waals surface area contributed by atoms with Gasteiger partial charge in [-0.2, -0.15) is 0 Å². The summed E-state index contributed by atoms with van der Waals surface area (Å²) in [4.78, 5) is 49.7. The number of rotatable bonds is 21. The van der Waals surface area contributed by atoms with E-state index in [2.05, 4.69) is 16.0 Å². The van der Waals surface area contributed by atoms with E-state index in [4.69, 9.17) is 11.5 Å². The third-order valence-corrected chi connectivity index (χ3v) is 5.71. The molecule has 0 aromatic heterocycles. The summed E-state index contributed by atoms with van der Waals surface area (Å²) in [6.45, 7) is 2.12. The Labute approximate surface area is 202 Å². The predicted octanol–water partition coefficient (Wildman–Crippen LogP) is -5.01. The Bertz CT molecular complexity index is 681. The Morgan fingerprint density at radius 2 is 1.29 bits per heavy atom. The molecule has 2 amide bonds. The van der Waals surface area contributed by atoms with E-state index in [0.29, 0.717) is 13.1 Å². The molecule has 0 fully saturated rings. The van der Waals surface area contributed by atoms with E-state index in [1.165, 1.54) is 0 Å². The zero-order valence-corrected chi connectivity index (χ0v) is 19.7. The van der Waals surface area contributed by atoms with Crippen LogP contribution in [0.2, 0.25) is 0 Å². The van der Waals surface area contributed by atoms with E-state index in [0.717, 1.165) is 6.54 Å². The fraction of sp³-hybridized carbons (Fsp3) is 0.800. The number of hydrogen-bond donors (Lipinski definition) is 11. The number of carbonyl (C=O) groups is 4. The third kappa shape index (κ3) is 9.29. The number of aliphatic hydroxyl groups is 4. The molecule has 5 atom stereocenters. The van der Waals surface area contributed by atoms with Crippen molar-refractivity contribution < 1.29 is 49.8 Å². The minimum Gasteiger partial charge on any atom is -0.480 e. The number of nitrogens with two attached hydrogens (primary N) is 2. The molecular formula is C20H39N5O10. The summed E-state index contributed by atoms with van der Waals surface area (Å²) in [5, 5.41) is 67.2. The lowest BCUT2D eigenvalue weighted by atomic mass is 9.63. The second kappa shape index (κ2) is 16.3. The number of hydrogen-bond acceptors (Lipinski definition) is 11. The van der Waals surface area contributed by atoms with E-state index in [1.807, 2.05) is 6.92 Å². The molecular weight excluding hydrogens is 470 g/mol. The fourth-order valence-corrected chi connectivity index (χ4v) is 3.94. The Balaban J connectivity index is 6.53. The van der Waals surface area contributed by atoms with Crippen molar-refractivity contribution in [2.45, 2.75) is 38.0 Å². The number of carboxylic acid groups (broad SMARTS) is 2. The molecule has 15 nitrogen and oxygen atoms in total. The number of nitrogens with one attached hydrogen (secondary N) is 3. The standard InChI is InChI=1S/C20H39N5O10/c1-2-23-3-4-24-5-6-25-15(13(16(21)30)7-11(28)9-26)20(18(32)33,19(34)35)14(17(22)31)8-12(29)10-27/h11-15,23-29H,2-10H2,1H3,(H2,21,30)(H2,22,31)(H,32,33)(H,34,35). The number of carbonyl (C=O) groups excluding carboxylic acids is 2. The molecule has 0 saturated heterocycles. The quantitative estimate of drug-likeness (QED) is 0.0511. The number of carboxylic acids is 2. The highest BCUT2D eigenvalue weighted by molar-refractivity contribution is 6.04. The molecule has 35 heavy (non-hydrogen) atoms. The molecule has 0 bridgehead atoms. The lowest BCUT2D eigenvalue weighted by Crippen LogP contribution is -2.66. The van der Waals surface area contributed by atoms with Crippen molar-refractivity contribution >= 4 is 23.8 Å². The highest BCUT2D eigenvalue weighted by Gasteiger charge is 2.63. The highest BCUT2D eigenvalue weighted by Crippen LogP contribution is 2.40. The number of primary amides is 2. The van der Waals surface area contributed by atoms with Gasteiger partial charge in [-0.1, -0.05) is 6.92 Å². The van der Waals surface area contributed by atoms with Crippen LogP contribution in [0.1, 0.15) is 19.8 Å². The maximum absolute atomic E-state index is 12.5. The van der Waals surface area contributed by atoms with Crippen molar-refractivity contribution in [1.29, 1.82) is 0 Å². The first-order chi connectivity index (χ1) is 16.4. The van der Waals surface area contributed by atoms with Gasteiger partial charge in [-0.3, -0.25) is 19.2 Å². The van der Waals surface area contributed by atoms with Gasteiger partial charge >= 0.3 is 11.9 Å². The largest absolute Gasteiger partial charge is 0.480 e. The molecule has 0 aliphatic heterocycles. The number of aliphatic hydroxyl groups excluding tert-OH is 4. The van der Waals surface area contributed by atoms with Gasteiger partial charge in [-0.25, -0.2) is 0 Å². The molecule has 204 valence electrons. The summed E-state index contributed by atoms with van der Waals surface area (Å²) in [6, 6.07) is -1.91. The first-order valence-electron chi connectivity index (χ1n) is 11.2. The monoisotopic (exact) mass is 509 g/mol. The zero-order valence-electron chi connectivity index (χ0n) is 19.7. The second-order valence-corrected chi connectivity index (χ2v) is 8.12. The van der Waals surface area contributed by atoms with Gasteiger partial charge < -0.3 is 58.1 Å². The smallest absolute Gasteiger partial charge is 0.323 e. The van der Waals surface area contributed by atoms with Gasteiger partial charge in [-0.05, 0) is 19.4 Å². The number of amides is 2. The lowest BCUT2D eigenvalue weighted by Gasteiger charge is -2.42. The van der Waals surface area contributed by atoms with Gasteiger partial charge in [0.2, 0.25) is 11.8 Å². The Kier molecular flexibility index (Phi) is 15.2. The Morgan fingerprint density at radius 3 is 1.71 bits per heavy atom. The van der Waals surface area contributed by atoms with Crippen LogP contribution in [0.15, 0.2) is 0 Å². The first kappa shape index (κ1) is 32.6. The van der Waals surface area contributed by atoms with Crippen LogP contribution in [0.4, 0.5) is 0 Å². The van der Waals surface area contributed by atoms with Crippen LogP contribution >= 0.6 is 0 Å². The molecule has 0 radical (unpaired) electrons. The van der Waals surface area contributed by atoms with Crippen LogP contribution in [-0.4, -0.2) is 119 Å². The maximum atomic E-state index is 12.5. The van der Waals surface area contributed by atoms with Gasteiger partial charge in [0.25, 0.3) is 0 Å². The van der Waals surface area contributed by atoms with E-state index >= 15 is 0 Å². The minimum atomic E-state index is -3.14. The van der Waals surface area contributed by atoms with Crippen LogP contribution in [0.25, 0.3) is 0 Å². The van der Waals surface area contributed by atoms with Crippen molar-refractivity contribution in [1.82, 2.24) is 16.0 Å². The van der Waals surface area contributed by atoms with Gasteiger partial charge in [0.15, 0.2) is 5.41 Å². The Hall–Kier alpha value is -2.40. The summed E-state index contributed by atoms with van der Waals surface area (Å²) in [6.07, 6.45) is -4.75. The van der Waals surface area contributed by atoms with E-state index < -0.39 is 85.3 Å². The highest BCUT2D eigenvalue weighted by atomic mass is 16.4. The molecule has 0 aromatic carbocycles. The molecule has 0 aliphatic carbocycles. The molecule has 0 heterocycles. The zero-order chi connectivity index (χ0) is 27.2. The fourth-order valence-electron chi connectivity index (χ4n) is 3.94. The SMILES string of the molecule is CCNCCNCCNC(C(CC(O)CO)C(N)=O)C(C(=O)O)(C(=O)O)C(CC(O)CO)C(N)=O. The summed E-state index contributed by atoms with van der Waals surface area (Å²) < 4.78 is 0. The molecule has 5 unspecified atom stereocenters. The van der Waals surface area contributed by atoms with Crippen LogP contribution < -0.4 is 27.4 Å². The molecule has 0 aliphatic rings. The molecule has 13 N–H and O–H groups in total. The molecule has 0 saturated carbocycles. The maximum Gasteiger partial charge on any atom is 0.323 e. The normalized spacial score (nSPS) is 16.1. The van der Waals surface area contributed by atoms with Gasteiger partial charge in [0.05, 0.1) is 37.3 Å². The van der Waals surface area contributed by atoms with Crippen LogP contribution in [0.3, 0.4) is 0 Å². The first-order valence-corrected chi connectivity index (χ1v) is 11.2. The number of aliphatic carboxylic acids is 2. The molecule has 0 spiro atoms. The van der Waals surface area contributed by atoms with Crippen molar-refractivity contribution in [3.8, 4) is 0 Å². The van der Waals surface area contributed by atoms with Gasteiger partial charge in [0, 0.05) is 32.2 Å². The van der Waals surface area contributed by atoms with E-state index in [9.17, 15) is 49.8 Å². The molecule has 0 rings (SSSR count). The average Bonchev–Trinajstić information content (AvgIpc) is 2.79. The average molecular weight is 510 g/mol. The summed E-state index contributed by atoms with van der Waals surface area (Å²) in [7, 11) is 0. The summed E-state index contributed by atoms with van der Waals surface area (Å²) >= 11 is 0. The second-order valence-electron chi connectivity index (χ2n) is 8.12. The van der Waals surface area contributed by atoms with E-state index in [1.54, 1.807) is 0 Å². The summed E-state index contributed by atoms with van der Waals surface area (Å²) in [5.74, 6) is -10.5. The van der Waals surface area contributed by atoms with Crippen molar-refractivity contribution in [3.05, 3.63) is 0 Å². The predicted molar refractivity (Wildman–Crippen MR) is 122 cm³/mol. The van der Waals surface area contributed by atoms with Crippen LogP contribution in [0.5, 0.6) is 0 Å². The molecule has 15 heteroatoms. The van der Waals surface area contributed by atoms with Crippen molar-refractivity contribution in [2.75, 3.05) is 45.9 Å². The topological polar surface area (TPSA) is 278 Å². The Morgan fingerprint density at radius 1 is 0.800 bits per heavy atom. The van der Waals surface area contributed by atoms with Crippen molar-refractivity contribution in [3.63, 3.8) is 0 Å². The lowest BCUT2D eigenvalue weighted by molar-refractivity contribution is -0.178. The van der Waals surface area contributed by atoms with Crippen molar-refractivity contribution in [2.24, 2.45) is 28.7 Å². The van der Waals surface area contributed by atoms with Gasteiger partial charge in [-0.15, -0.1) is 0 Å². The van der Waals surface area contributed by atoms with Crippen LogP contribution in [0, 0.1) is 17.3 Å². The third-order valence-electron chi connectivity index (χ3n) is 5.71. The van der Waals surface area contributed by atoms with Gasteiger partial charge in [0.1, 0.15) is 0 Å².